The third kappa shape index (κ3) is 7.15. The van der Waals surface area contributed by atoms with Crippen LogP contribution in [0.3, 0.4) is 0 Å². The fourth-order valence-electron chi connectivity index (χ4n) is 4.49. The van der Waals surface area contributed by atoms with Gasteiger partial charge in [-0.25, -0.2) is 8.42 Å². The molecule has 11 nitrogen and oxygen atoms in total. The van der Waals surface area contributed by atoms with E-state index < -0.39 is 34.9 Å². The number of hydrogen-bond donors (Lipinski definition) is 0. The zero-order chi connectivity index (χ0) is 28.7. The van der Waals surface area contributed by atoms with Gasteiger partial charge in [-0.1, -0.05) is 0 Å². The van der Waals surface area contributed by atoms with E-state index in [-0.39, 0.29) is 32.4 Å². The van der Waals surface area contributed by atoms with Gasteiger partial charge in [0, 0.05) is 48.7 Å². The van der Waals surface area contributed by atoms with Crippen LogP contribution in [0.25, 0.3) is 0 Å². The molecule has 0 atom stereocenters. The highest BCUT2D eigenvalue weighted by molar-refractivity contribution is 14.2. The van der Waals surface area contributed by atoms with Gasteiger partial charge < -0.3 is 9.80 Å². The fourth-order valence-corrected chi connectivity index (χ4v) is 8.54. The standard InChI is InChI=1S/C24H27IN6O5S2/c1-17(20(12-26)13-27)23(18(2)30-8-4-5-9-30)38(34,35)36-16-22(21(14-28)15-29)24(37(25,32)33)19(3)31-10-6-7-11-31/h4-11,16H2,1-3H3/b23-18-,24-19-. The molecular formula is C24H27IN6O5S2. The largest absolute Gasteiger partial charge is 0.374 e. The van der Waals surface area contributed by atoms with Gasteiger partial charge in [0.2, 0.25) is 7.01 Å². The van der Waals surface area contributed by atoms with Crippen molar-refractivity contribution in [3.05, 3.63) is 43.5 Å². The molecule has 0 amide bonds. The summed E-state index contributed by atoms with van der Waals surface area (Å²) in [6.45, 7) is 5.77. The Kier molecular flexibility index (Phi) is 10.9. The Morgan fingerprint density at radius 3 is 1.50 bits per heavy atom. The Morgan fingerprint density at radius 2 is 1.13 bits per heavy atom. The van der Waals surface area contributed by atoms with Gasteiger partial charge in [0.05, 0.1) is 27.8 Å². The van der Waals surface area contributed by atoms with E-state index in [1.165, 1.54) is 28.1 Å². The first-order chi connectivity index (χ1) is 17.8. The zero-order valence-corrected chi connectivity index (χ0v) is 25.1. The second-order valence-corrected chi connectivity index (χ2v) is 15.0. The molecule has 2 aliphatic rings. The molecule has 0 saturated carbocycles. The molecule has 2 aliphatic heterocycles. The van der Waals surface area contributed by atoms with E-state index in [0.29, 0.717) is 26.2 Å². The van der Waals surface area contributed by atoms with Gasteiger partial charge in [0.25, 0.3) is 10.1 Å². The van der Waals surface area contributed by atoms with E-state index in [4.69, 9.17) is 4.18 Å². The van der Waals surface area contributed by atoms with Crippen LogP contribution in [-0.2, 0) is 21.3 Å². The maximum atomic E-state index is 13.6. The molecule has 0 aliphatic carbocycles. The van der Waals surface area contributed by atoms with Gasteiger partial charge in [-0.15, -0.1) is 0 Å². The molecule has 14 heteroatoms. The number of hydrogen-bond acceptors (Lipinski definition) is 11. The number of nitriles is 4. The molecule has 0 aromatic rings. The number of nitrogens with zero attached hydrogens (tertiary/aromatic N) is 6. The molecule has 0 aromatic carbocycles. The lowest BCUT2D eigenvalue weighted by Gasteiger charge is -2.24. The van der Waals surface area contributed by atoms with Crippen LogP contribution in [0.4, 0.5) is 0 Å². The highest BCUT2D eigenvalue weighted by atomic mass is 127. The Hall–Kier alpha value is -2.89. The van der Waals surface area contributed by atoms with Gasteiger partial charge in [-0.05, 0) is 46.5 Å². The van der Waals surface area contributed by atoms with Crippen molar-refractivity contribution in [3.63, 3.8) is 0 Å². The molecule has 0 N–H and O–H groups in total. The van der Waals surface area contributed by atoms with Crippen LogP contribution in [0.2, 0.25) is 0 Å². The monoisotopic (exact) mass is 670 g/mol. The number of halogens is 1. The van der Waals surface area contributed by atoms with Crippen molar-refractivity contribution in [2.45, 2.75) is 46.5 Å². The van der Waals surface area contributed by atoms with Crippen molar-refractivity contribution in [1.29, 1.82) is 21.0 Å². The summed E-state index contributed by atoms with van der Waals surface area (Å²) in [5.41, 5.74) is -0.949. The van der Waals surface area contributed by atoms with Gasteiger partial charge in [0.15, 0.2) is 0 Å². The van der Waals surface area contributed by atoms with E-state index in [9.17, 15) is 37.9 Å². The third-order valence-electron chi connectivity index (χ3n) is 6.41. The predicted molar refractivity (Wildman–Crippen MR) is 147 cm³/mol. The van der Waals surface area contributed by atoms with Crippen molar-refractivity contribution < 1.29 is 21.0 Å². The summed E-state index contributed by atoms with van der Waals surface area (Å²) in [6.07, 6.45) is 3.31. The minimum absolute atomic E-state index is 0.115. The SMILES string of the molecule is CC(=C(C#N)C#N)/C(=C(\C)N1CCCC1)S(=O)(=O)OCC(=C(C#N)C#N)/C(=C(\C)N1CCCC1)S(=O)(=O)I. The topological polar surface area (TPSA) is 179 Å². The molecule has 2 heterocycles. The smallest absolute Gasteiger partial charge is 0.299 e. The average Bonchev–Trinajstić information content (AvgIpc) is 3.57. The average molecular weight is 671 g/mol. The minimum Gasteiger partial charge on any atom is -0.374 e. The number of rotatable bonds is 9. The van der Waals surface area contributed by atoms with Crippen molar-refractivity contribution in [3.8, 4) is 24.3 Å². The first-order valence-electron chi connectivity index (χ1n) is 11.6. The van der Waals surface area contributed by atoms with Crippen LogP contribution in [0.15, 0.2) is 43.5 Å². The number of likely N-dealkylation sites (tertiary alicyclic amines) is 2. The van der Waals surface area contributed by atoms with Crippen LogP contribution in [-0.4, -0.2) is 59.4 Å². The summed E-state index contributed by atoms with van der Waals surface area (Å²) < 4.78 is 58.2. The minimum atomic E-state index is -4.70. The van der Waals surface area contributed by atoms with Gasteiger partial charge in [-0.3, -0.25) is 4.18 Å². The van der Waals surface area contributed by atoms with Crippen molar-refractivity contribution in [1.82, 2.24) is 9.80 Å². The molecule has 2 rings (SSSR count). The Labute approximate surface area is 236 Å². The molecule has 0 unspecified atom stereocenters. The quantitative estimate of drug-likeness (QED) is 0.115. The fraction of sp³-hybridized carbons (Fsp3) is 0.500. The van der Waals surface area contributed by atoms with Crippen molar-refractivity contribution >= 4 is 38.3 Å². The molecule has 0 aromatic heterocycles. The summed E-state index contributed by atoms with van der Waals surface area (Å²) in [4.78, 5) is 2.87. The normalized spacial score (nSPS) is 16.8. The molecular weight excluding hydrogens is 643 g/mol. The summed E-state index contributed by atoms with van der Waals surface area (Å²) in [5.74, 6) is 0. The third-order valence-corrected chi connectivity index (χ3v) is 10.3. The summed E-state index contributed by atoms with van der Waals surface area (Å²) in [6, 6.07) is 6.68. The molecule has 202 valence electrons. The summed E-state index contributed by atoms with van der Waals surface area (Å²) in [7, 11) is -8.76. The lowest BCUT2D eigenvalue weighted by atomic mass is 10.1. The lowest BCUT2D eigenvalue weighted by Crippen LogP contribution is -2.25. The number of allylic oxidation sites excluding steroid dienone is 5. The lowest BCUT2D eigenvalue weighted by molar-refractivity contribution is 0.351. The molecule has 38 heavy (non-hydrogen) atoms. The molecule has 2 saturated heterocycles. The van der Waals surface area contributed by atoms with Crippen molar-refractivity contribution in [2.24, 2.45) is 0 Å². The van der Waals surface area contributed by atoms with Gasteiger partial charge >= 0.3 is 0 Å². The van der Waals surface area contributed by atoms with E-state index in [1.807, 2.05) is 0 Å². The molecule has 0 bridgehead atoms. The highest BCUT2D eigenvalue weighted by Crippen LogP contribution is 2.34. The van der Waals surface area contributed by atoms with Crippen LogP contribution < -0.4 is 0 Å². The van der Waals surface area contributed by atoms with E-state index in [0.717, 1.165) is 25.7 Å². The van der Waals surface area contributed by atoms with Crippen LogP contribution in [0.5, 0.6) is 0 Å². The molecule has 2 fully saturated rings. The predicted octanol–water partition coefficient (Wildman–Crippen LogP) is 3.46. The summed E-state index contributed by atoms with van der Waals surface area (Å²) >= 11 is 1.20. The maximum absolute atomic E-state index is 13.6. The van der Waals surface area contributed by atoms with Gasteiger partial charge in [-0.2, -0.15) is 29.5 Å². The molecule has 0 spiro atoms. The van der Waals surface area contributed by atoms with E-state index in [1.54, 1.807) is 47.9 Å². The Morgan fingerprint density at radius 1 is 0.737 bits per heavy atom. The summed E-state index contributed by atoms with van der Waals surface area (Å²) in [5, 5.41) is 37.9. The maximum Gasteiger partial charge on any atom is 0.299 e. The van der Waals surface area contributed by atoms with E-state index >= 15 is 0 Å². The second-order valence-electron chi connectivity index (χ2n) is 8.67. The second kappa shape index (κ2) is 13.3. The molecule has 0 radical (unpaired) electrons. The Bertz CT molecular complexity index is 1450. The zero-order valence-electron chi connectivity index (χ0n) is 21.3. The highest BCUT2D eigenvalue weighted by Gasteiger charge is 2.33. The Balaban J connectivity index is 2.71. The van der Waals surface area contributed by atoms with Crippen LogP contribution >= 0.6 is 21.2 Å². The first-order valence-corrected chi connectivity index (χ1v) is 17.1. The van der Waals surface area contributed by atoms with Crippen molar-refractivity contribution in [2.75, 3.05) is 32.8 Å². The van der Waals surface area contributed by atoms with E-state index in [2.05, 4.69) is 0 Å². The van der Waals surface area contributed by atoms with Gasteiger partial charge in [0.1, 0.15) is 45.2 Å². The first kappa shape index (κ1) is 31.3. The van der Waals surface area contributed by atoms with Crippen LogP contribution in [0, 0.1) is 45.3 Å². The van der Waals surface area contributed by atoms with Crippen LogP contribution in [0.1, 0.15) is 46.5 Å².